The molecule has 3 aliphatic rings. The highest BCUT2D eigenvalue weighted by atomic mass is 32.2. The third kappa shape index (κ3) is 6.91. The Bertz CT molecular complexity index is 2200. The molecule has 2 heterocycles. The van der Waals surface area contributed by atoms with Crippen LogP contribution in [0.25, 0.3) is 0 Å². The quantitative estimate of drug-likeness (QED) is 0.115. The van der Waals surface area contributed by atoms with Crippen LogP contribution >= 0.6 is 0 Å². The summed E-state index contributed by atoms with van der Waals surface area (Å²) >= 11 is 0. The number of hydrogen-bond acceptors (Lipinski definition) is 6. The first-order valence-corrected chi connectivity index (χ1v) is 23.9. The van der Waals surface area contributed by atoms with E-state index in [0.29, 0.717) is 12.4 Å². The van der Waals surface area contributed by atoms with Crippen molar-refractivity contribution in [2.45, 2.75) is 101 Å². The molecule has 11 heteroatoms. The van der Waals surface area contributed by atoms with Crippen LogP contribution in [0.1, 0.15) is 72.6 Å². The van der Waals surface area contributed by atoms with Crippen molar-refractivity contribution in [3.63, 3.8) is 0 Å². The van der Waals surface area contributed by atoms with E-state index in [1.807, 2.05) is 91.0 Å². The molecule has 0 unspecified atom stereocenters. The summed E-state index contributed by atoms with van der Waals surface area (Å²) in [5.41, 5.74) is 6.91. The molecule has 2 N–H and O–H groups in total. The Morgan fingerprint density at radius 3 is 1.89 bits per heavy atom. The van der Waals surface area contributed by atoms with Crippen LogP contribution in [0.4, 0.5) is 10.5 Å². The lowest BCUT2D eigenvalue weighted by molar-refractivity contribution is 0.0615. The van der Waals surface area contributed by atoms with E-state index in [4.69, 9.17) is 18.6 Å². The number of carbonyl (C=O) groups excluding carboxylic acids is 1. The van der Waals surface area contributed by atoms with E-state index in [1.54, 1.807) is 10.9 Å². The van der Waals surface area contributed by atoms with Gasteiger partial charge in [0.2, 0.25) is 5.88 Å². The van der Waals surface area contributed by atoms with E-state index >= 15 is 4.21 Å². The number of anilines is 1. The number of hydrogen-bond donors (Lipinski definition) is 2. The number of benzene rings is 4. The molecule has 2 amide bonds. The van der Waals surface area contributed by atoms with Crippen LogP contribution in [0.15, 0.2) is 113 Å². The molecule has 0 saturated heterocycles. The maximum Gasteiger partial charge on any atom is 0.331 e. The first-order chi connectivity index (χ1) is 26.4. The molecule has 1 aliphatic heterocycles. The van der Waals surface area contributed by atoms with Gasteiger partial charge in [-0.1, -0.05) is 118 Å². The number of nitrogens with one attached hydrogen (secondary N) is 2. The minimum absolute atomic E-state index is 0.0155. The predicted molar refractivity (Wildman–Crippen MR) is 220 cm³/mol. The van der Waals surface area contributed by atoms with Crippen molar-refractivity contribution in [2.24, 2.45) is 4.36 Å². The Balaban J connectivity index is 1.29. The van der Waals surface area contributed by atoms with Crippen LogP contribution in [-0.2, 0) is 52.1 Å². The highest BCUT2D eigenvalue weighted by Gasteiger charge is 2.43. The highest BCUT2D eigenvalue weighted by Crippen LogP contribution is 2.44. The molecule has 0 saturated carbocycles. The fourth-order valence-electron chi connectivity index (χ4n) is 8.15. The Hall–Kier alpha value is -4.71. The molecule has 2 aliphatic carbocycles. The summed E-state index contributed by atoms with van der Waals surface area (Å²) in [6, 6.07) is 31.3. The molecule has 286 valence electrons. The van der Waals surface area contributed by atoms with Gasteiger partial charge in [0.15, 0.2) is 18.2 Å². The maximum absolute atomic E-state index is 16.3. The van der Waals surface area contributed by atoms with Crippen LogP contribution in [0.3, 0.4) is 0 Å². The predicted octanol–water partition coefficient (Wildman–Crippen LogP) is 9.20. The lowest BCUT2D eigenvalue weighted by Crippen LogP contribution is -2.47. The summed E-state index contributed by atoms with van der Waals surface area (Å²) in [7, 11) is -5.99. The fourth-order valence-corrected chi connectivity index (χ4v) is 11.3. The second-order valence-corrected chi connectivity index (χ2v) is 23.2. The van der Waals surface area contributed by atoms with Gasteiger partial charge in [-0.2, -0.15) is 9.46 Å². The normalized spacial score (nSPS) is 17.7. The van der Waals surface area contributed by atoms with Crippen molar-refractivity contribution >= 4 is 30.0 Å². The summed E-state index contributed by atoms with van der Waals surface area (Å²) < 4.78 is 39.6. The molecule has 0 radical (unpaired) electrons. The van der Waals surface area contributed by atoms with Crippen molar-refractivity contribution in [3.8, 4) is 5.88 Å². The van der Waals surface area contributed by atoms with Crippen molar-refractivity contribution in [1.29, 1.82) is 0 Å². The number of nitrogens with zero attached hydrogens (tertiary/aromatic N) is 3. The Kier molecular flexibility index (Phi) is 9.76. The van der Waals surface area contributed by atoms with Crippen LogP contribution in [0.5, 0.6) is 5.88 Å². The second kappa shape index (κ2) is 14.4. The van der Waals surface area contributed by atoms with Gasteiger partial charge in [-0.3, -0.25) is 0 Å². The molecule has 55 heavy (non-hydrogen) atoms. The van der Waals surface area contributed by atoms with E-state index < -0.39 is 29.8 Å². The Morgan fingerprint density at radius 2 is 1.38 bits per heavy atom. The van der Waals surface area contributed by atoms with E-state index in [1.165, 1.54) is 22.3 Å². The zero-order valence-electron chi connectivity index (χ0n) is 32.4. The molecule has 0 bridgehead atoms. The SMILES string of the molecule is CC(C)(C)[Si](C)(C)O[C@H]1COc2c([S@](=O)(=NC(c3ccccc3)(c3ccccc3)c3ccccc3)NC(=O)Nc3c4c(cc5c3CCC5)CCC4)cnn2C1. The van der Waals surface area contributed by atoms with Crippen molar-refractivity contribution in [2.75, 3.05) is 11.9 Å². The molecule has 8 rings (SSSR count). The van der Waals surface area contributed by atoms with Gasteiger partial charge >= 0.3 is 6.03 Å². The van der Waals surface area contributed by atoms with Crippen LogP contribution < -0.4 is 14.8 Å². The van der Waals surface area contributed by atoms with E-state index in [9.17, 15) is 4.79 Å². The van der Waals surface area contributed by atoms with Gasteiger partial charge in [-0.15, -0.1) is 0 Å². The average Bonchev–Trinajstić information content (AvgIpc) is 3.95. The molecule has 1 aromatic heterocycles. The lowest BCUT2D eigenvalue weighted by atomic mass is 9.78. The molecule has 0 spiro atoms. The third-order valence-corrected chi connectivity index (χ3v) is 18.3. The molecular formula is C44H51N5O4SSi. The van der Waals surface area contributed by atoms with E-state index in [2.05, 4.69) is 50.0 Å². The largest absolute Gasteiger partial charge is 0.474 e. The van der Waals surface area contributed by atoms with E-state index in [0.717, 1.165) is 60.9 Å². The number of rotatable bonds is 9. The van der Waals surface area contributed by atoms with E-state index in [-0.39, 0.29) is 22.6 Å². The van der Waals surface area contributed by atoms with Crippen LogP contribution in [0.2, 0.25) is 18.1 Å². The third-order valence-electron chi connectivity index (χ3n) is 11.9. The lowest BCUT2D eigenvalue weighted by Gasteiger charge is -2.40. The monoisotopic (exact) mass is 773 g/mol. The number of fused-ring (bicyclic) bond motifs is 3. The molecule has 2 atom stereocenters. The van der Waals surface area contributed by atoms with Crippen molar-refractivity contribution in [3.05, 3.63) is 142 Å². The second-order valence-electron chi connectivity index (χ2n) is 16.5. The summed E-state index contributed by atoms with van der Waals surface area (Å²) in [4.78, 5) is 14.8. The van der Waals surface area contributed by atoms with Gasteiger partial charge in [0, 0.05) is 5.69 Å². The molecule has 4 aromatic carbocycles. The van der Waals surface area contributed by atoms with Crippen LogP contribution in [-0.4, -0.2) is 41.0 Å². The summed E-state index contributed by atoms with van der Waals surface area (Å²) in [6.45, 7) is 11.8. The zero-order valence-corrected chi connectivity index (χ0v) is 34.2. The van der Waals surface area contributed by atoms with Crippen molar-refractivity contribution < 1.29 is 18.2 Å². The first kappa shape index (κ1) is 37.2. The first-order valence-electron chi connectivity index (χ1n) is 19.4. The summed E-state index contributed by atoms with van der Waals surface area (Å²) in [5, 5.41) is 7.95. The number of ether oxygens (including phenoxy) is 1. The van der Waals surface area contributed by atoms with Gasteiger partial charge in [0.05, 0.1) is 18.8 Å². The molecule has 5 aromatic rings. The maximum atomic E-state index is 16.3. The smallest absolute Gasteiger partial charge is 0.331 e. The minimum Gasteiger partial charge on any atom is -0.474 e. The Morgan fingerprint density at radius 1 is 0.855 bits per heavy atom. The van der Waals surface area contributed by atoms with Gasteiger partial charge in [-0.25, -0.2) is 18.4 Å². The van der Waals surface area contributed by atoms with Crippen LogP contribution in [0, 0.1) is 0 Å². The average molecular weight is 774 g/mol. The molecule has 9 nitrogen and oxygen atoms in total. The fraction of sp³-hybridized carbons (Fsp3) is 0.364. The van der Waals surface area contributed by atoms with Gasteiger partial charge in [0.25, 0.3) is 0 Å². The number of amides is 2. The number of aryl methyl sites for hydroxylation is 2. The van der Waals surface area contributed by atoms with Crippen molar-refractivity contribution in [1.82, 2.24) is 14.5 Å². The minimum atomic E-state index is -3.87. The summed E-state index contributed by atoms with van der Waals surface area (Å²) in [5.74, 6) is 0.314. The highest BCUT2D eigenvalue weighted by molar-refractivity contribution is 7.92. The van der Waals surface area contributed by atoms with Gasteiger partial charge in [-0.05, 0) is 95.6 Å². The number of carbonyl (C=O) groups is 1. The zero-order chi connectivity index (χ0) is 38.4. The molecular weight excluding hydrogens is 723 g/mol. The number of urea groups is 1. The topological polar surface area (TPSA) is 107 Å². The van der Waals surface area contributed by atoms with Gasteiger partial charge < -0.3 is 14.5 Å². The number of aromatic nitrogens is 2. The molecule has 0 fully saturated rings. The standard InChI is InChI=1S/C44H51N5O4SSi/c1-43(2,3)55(4,5)53-36-29-49-41(52-30-36)39(28-45-49)54(51,47-42(50)46-40-37-25-15-17-31(37)27-32-18-16-26-38(32)40)48-44(33-19-9-6-10-20-33,34-21-11-7-12-22-34)35-23-13-8-14-24-35/h6-14,19-24,27-28,36H,15-18,25-26,29-30H2,1-5H3,(H2,46,47,48,50,51)/t36-,54-/m1/s1. The van der Waals surface area contributed by atoms with Gasteiger partial charge in [0.1, 0.15) is 17.0 Å². The summed E-state index contributed by atoms with van der Waals surface area (Å²) in [6.07, 6.45) is 7.21. The Labute approximate surface area is 326 Å².